The van der Waals surface area contributed by atoms with Gasteiger partial charge in [0.15, 0.2) is 0 Å². The van der Waals surface area contributed by atoms with Gasteiger partial charge in [0.25, 0.3) is 0 Å². The van der Waals surface area contributed by atoms with Gasteiger partial charge < -0.3 is 10.2 Å². The van der Waals surface area contributed by atoms with Crippen LogP contribution in [0.5, 0.6) is 0 Å². The maximum absolute atomic E-state index is 5.58. The van der Waals surface area contributed by atoms with Crippen molar-refractivity contribution in [1.82, 2.24) is 4.98 Å². The second-order valence-electron chi connectivity index (χ2n) is 4.62. The van der Waals surface area contributed by atoms with Crippen molar-refractivity contribution in [3.63, 3.8) is 0 Å². The summed E-state index contributed by atoms with van der Waals surface area (Å²) >= 11 is 0. The average Bonchev–Trinajstić information content (AvgIpc) is 2.44. The molecule has 2 aromatic rings. The fraction of sp³-hybridized carbons (Fsp3) is 0.400. The number of hydrogen-bond donors (Lipinski definition) is 2. The lowest BCUT2D eigenvalue weighted by Crippen LogP contribution is -2.11. The minimum Gasteiger partial charge on any atom is -0.384 e. The third-order valence-corrected chi connectivity index (χ3v) is 3.24. The Kier molecular flexibility index (Phi) is 4.71. The molecule has 1 heterocycles. The summed E-state index contributed by atoms with van der Waals surface area (Å²) in [4.78, 5) is 4.67. The van der Waals surface area contributed by atoms with Gasteiger partial charge in [0.05, 0.1) is 12.1 Å². The van der Waals surface area contributed by atoms with E-state index in [1.807, 2.05) is 0 Å². The molecule has 0 unspecified atom stereocenters. The summed E-state index contributed by atoms with van der Waals surface area (Å²) in [5.74, 6) is 6.36. The van der Waals surface area contributed by atoms with Crippen molar-refractivity contribution in [2.75, 3.05) is 19.1 Å². The van der Waals surface area contributed by atoms with E-state index in [0.717, 1.165) is 36.0 Å². The van der Waals surface area contributed by atoms with Crippen LogP contribution in [0.1, 0.15) is 24.5 Å². The second-order valence-corrected chi connectivity index (χ2v) is 4.62. The zero-order valence-corrected chi connectivity index (χ0v) is 11.6. The van der Waals surface area contributed by atoms with Gasteiger partial charge in [0.1, 0.15) is 5.82 Å². The molecular formula is C15H21N3O. The van der Waals surface area contributed by atoms with Crippen molar-refractivity contribution in [1.29, 1.82) is 0 Å². The molecule has 0 atom stereocenters. The number of benzene rings is 1. The number of pyridine rings is 1. The number of anilines is 1. The van der Waals surface area contributed by atoms with Gasteiger partial charge >= 0.3 is 0 Å². The van der Waals surface area contributed by atoms with Crippen LogP contribution in [0.4, 0.5) is 5.82 Å². The van der Waals surface area contributed by atoms with Gasteiger partial charge in [-0.05, 0) is 30.0 Å². The number of rotatable bonds is 6. The Bertz CT molecular complexity index is 554. The number of nitrogens with one attached hydrogen (secondary N) is 1. The van der Waals surface area contributed by atoms with E-state index in [2.05, 4.69) is 41.6 Å². The van der Waals surface area contributed by atoms with Gasteiger partial charge in [-0.15, -0.1) is 0 Å². The maximum atomic E-state index is 5.58. The Labute approximate surface area is 113 Å². The number of ether oxygens (including phenoxy) is 1. The summed E-state index contributed by atoms with van der Waals surface area (Å²) in [5.41, 5.74) is 6.08. The van der Waals surface area contributed by atoms with Gasteiger partial charge in [-0.3, -0.25) is 0 Å². The molecule has 0 saturated carbocycles. The van der Waals surface area contributed by atoms with Crippen molar-refractivity contribution in [3.8, 4) is 0 Å². The number of methoxy groups -OCH3 is 1. The van der Waals surface area contributed by atoms with E-state index in [4.69, 9.17) is 10.6 Å². The van der Waals surface area contributed by atoms with Gasteiger partial charge in [0, 0.05) is 12.5 Å². The van der Waals surface area contributed by atoms with Crippen LogP contribution in [-0.4, -0.2) is 18.7 Å². The Hall–Kier alpha value is -1.65. The van der Waals surface area contributed by atoms with Crippen molar-refractivity contribution in [2.24, 2.45) is 5.84 Å². The average molecular weight is 259 g/mol. The summed E-state index contributed by atoms with van der Waals surface area (Å²) in [6, 6.07) is 8.43. The van der Waals surface area contributed by atoms with Crippen molar-refractivity contribution in [3.05, 3.63) is 35.4 Å². The normalized spacial score (nSPS) is 10.9. The highest BCUT2D eigenvalue weighted by atomic mass is 16.5. The minimum atomic E-state index is 0.697. The smallest absolute Gasteiger partial charge is 0.143 e. The highest BCUT2D eigenvalue weighted by Crippen LogP contribution is 2.24. The van der Waals surface area contributed by atoms with Crippen molar-refractivity contribution < 1.29 is 4.74 Å². The molecule has 0 radical (unpaired) electrons. The zero-order chi connectivity index (χ0) is 13.7. The van der Waals surface area contributed by atoms with E-state index in [1.165, 1.54) is 11.1 Å². The first-order valence-corrected chi connectivity index (χ1v) is 6.67. The highest BCUT2D eigenvalue weighted by molar-refractivity contribution is 5.84. The molecule has 0 bridgehead atoms. The predicted octanol–water partition coefficient (Wildman–Crippen LogP) is 2.66. The topological polar surface area (TPSA) is 60.2 Å². The number of nitrogen functional groups attached to an aromatic ring is 1. The van der Waals surface area contributed by atoms with Crippen LogP contribution in [0, 0.1) is 0 Å². The van der Waals surface area contributed by atoms with Crippen LogP contribution in [-0.2, 0) is 17.6 Å². The predicted molar refractivity (Wildman–Crippen MR) is 79.1 cm³/mol. The quantitative estimate of drug-likeness (QED) is 0.618. The first-order chi connectivity index (χ1) is 9.30. The standard InChI is InChI=1S/C15H21N3O/c1-3-5-13-10-12-7-4-6-11(8-9-19-2)14(12)17-15(13)18-16/h4,6-7,10H,3,5,8-9,16H2,1-2H3,(H,17,18). The first kappa shape index (κ1) is 13.8. The molecule has 102 valence electrons. The van der Waals surface area contributed by atoms with E-state index in [-0.39, 0.29) is 0 Å². The molecule has 19 heavy (non-hydrogen) atoms. The molecule has 1 aromatic carbocycles. The third kappa shape index (κ3) is 3.03. The van der Waals surface area contributed by atoms with Crippen LogP contribution < -0.4 is 11.3 Å². The molecule has 4 nitrogen and oxygen atoms in total. The summed E-state index contributed by atoms with van der Waals surface area (Å²) in [5, 5.41) is 1.16. The highest BCUT2D eigenvalue weighted by Gasteiger charge is 2.08. The summed E-state index contributed by atoms with van der Waals surface area (Å²) in [6.45, 7) is 2.85. The number of nitrogens with zero attached hydrogens (tertiary/aromatic N) is 1. The van der Waals surface area contributed by atoms with Gasteiger partial charge in [-0.2, -0.15) is 0 Å². The molecule has 0 amide bonds. The number of para-hydroxylation sites is 1. The Morgan fingerprint density at radius 3 is 2.79 bits per heavy atom. The van der Waals surface area contributed by atoms with Crippen LogP contribution in [0.25, 0.3) is 10.9 Å². The molecule has 0 fully saturated rings. The van der Waals surface area contributed by atoms with E-state index in [0.29, 0.717) is 6.61 Å². The van der Waals surface area contributed by atoms with Crippen LogP contribution in [0.3, 0.4) is 0 Å². The zero-order valence-electron chi connectivity index (χ0n) is 11.6. The van der Waals surface area contributed by atoms with Gasteiger partial charge in [-0.25, -0.2) is 10.8 Å². The number of aryl methyl sites for hydroxylation is 1. The van der Waals surface area contributed by atoms with Crippen LogP contribution in [0.2, 0.25) is 0 Å². The fourth-order valence-electron chi connectivity index (χ4n) is 2.30. The summed E-state index contributed by atoms with van der Waals surface area (Å²) < 4.78 is 5.15. The van der Waals surface area contributed by atoms with E-state index in [1.54, 1.807) is 7.11 Å². The minimum absolute atomic E-state index is 0.697. The largest absolute Gasteiger partial charge is 0.384 e. The maximum Gasteiger partial charge on any atom is 0.143 e. The molecule has 0 aliphatic carbocycles. The Balaban J connectivity index is 2.50. The molecule has 0 aliphatic heterocycles. The number of hydrazine groups is 1. The lowest BCUT2D eigenvalue weighted by atomic mass is 10.0. The molecule has 4 heteroatoms. The molecular weight excluding hydrogens is 238 g/mol. The lowest BCUT2D eigenvalue weighted by molar-refractivity contribution is 0.202. The molecule has 2 rings (SSSR count). The van der Waals surface area contributed by atoms with Gasteiger partial charge in [-0.1, -0.05) is 31.5 Å². The molecule has 0 aliphatic rings. The second kappa shape index (κ2) is 6.50. The number of aromatic nitrogens is 1. The van der Waals surface area contributed by atoms with Crippen LogP contribution >= 0.6 is 0 Å². The molecule has 0 saturated heterocycles. The molecule has 0 spiro atoms. The Morgan fingerprint density at radius 1 is 1.26 bits per heavy atom. The third-order valence-electron chi connectivity index (χ3n) is 3.24. The first-order valence-electron chi connectivity index (χ1n) is 6.67. The number of nitrogens with two attached hydrogens (primary N) is 1. The van der Waals surface area contributed by atoms with Crippen LogP contribution in [0.15, 0.2) is 24.3 Å². The number of fused-ring (bicyclic) bond motifs is 1. The SMILES string of the molecule is CCCc1cc2cccc(CCOC)c2nc1NN. The fourth-order valence-corrected chi connectivity index (χ4v) is 2.30. The van der Waals surface area contributed by atoms with E-state index in [9.17, 15) is 0 Å². The summed E-state index contributed by atoms with van der Waals surface area (Å²) in [7, 11) is 1.71. The van der Waals surface area contributed by atoms with E-state index >= 15 is 0 Å². The monoisotopic (exact) mass is 259 g/mol. The molecule has 1 aromatic heterocycles. The van der Waals surface area contributed by atoms with Crippen molar-refractivity contribution >= 4 is 16.7 Å². The molecule has 3 N–H and O–H groups in total. The summed E-state index contributed by atoms with van der Waals surface area (Å²) in [6.07, 6.45) is 2.91. The lowest BCUT2D eigenvalue weighted by Gasteiger charge is -2.11. The van der Waals surface area contributed by atoms with Crippen molar-refractivity contribution in [2.45, 2.75) is 26.2 Å². The van der Waals surface area contributed by atoms with E-state index < -0.39 is 0 Å². The van der Waals surface area contributed by atoms with Gasteiger partial charge in [0.2, 0.25) is 0 Å². The Morgan fingerprint density at radius 2 is 2.11 bits per heavy atom. The number of hydrogen-bond acceptors (Lipinski definition) is 4.